The van der Waals surface area contributed by atoms with Crippen LogP contribution in [0.4, 0.5) is 30.4 Å². The normalized spacial score (nSPS) is 20.9. The number of nitrogen functional groups attached to an aromatic ring is 1. The fourth-order valence-corrected chi connectivity index (χ4v) is 6.07. The van der Waals surface area contributed by atoms with Gasteiger partial charge in [-0.1, -0.05) is 37.0 Å². The van der Waals surface area contributed by atoms with Crippen LogP contribution in [0.5, 0.6) is 0 Å². The van der Waals surface area contributed by atoms with E-state index in [9.17, 15) is 13.9 Å². The molecule has 1 unspecified atom stereocenters. The smallest absolute Gasteiger partial charge is 0.233 e. The van der Waals surface area contributed by atoms with Crippen molar-refractivity contribution >= 4 is 46.2 Å². The second kappa shape index (κ2) is 10.9. The average molecular weight is 608 g/mol. The summed E-state index contributed by atoms with van der Waals surface area (Å²) < 4.78 is 44.9. The van der Waals surface area contributed by atoms with Gasteiger partial charge < -0.3 is 21.1 Å². The predicted octanol–water partition coefficient (Wildman–Crippen LogP) is 5.74. The number of nitrogens with two attached hydrogens (primary N) is 1. The molecule has 41 heavy (non-hydrogen) atoms. The van der Waals surface area contributed by atoms with E-state index in [1.165, 1.54) is 11.0 Å². The van der Waals surface area contributed by atoms with E-state index < -0.39 is 50.8 Å². The van der Waals surface area contributed by atoms with Crippen molar-refractivity contribution in [2.24, 2.45) is 4.99 Å². The Balaban J connectivity index is 1.81. The molecular weight excluding hydrogens is 578 g/mol. The highest BCUT2D eigenvalue weighted by Gasteiger charge is 2.38. The Labute approximate surface area is 246 Å². The number of benzene rings is 1. The minimum atomic E-state index is -1.48. The number of anilines is 3. The number of amidine groups is 1. The van der Waals surface area contributed by atoms with Crippen LogP contribution in [0.1, 0.15) is 50.4 Å². The number of aromatic nitrogens is 2. The molecule has 3 atom stereocenters. The molecule has 0 amide bonds. The number of hydrogen-bond acceptors (Lipinski definition) is 8. The van der Waals surface area contributed by atoms with E-state index in [0.717, 1.165) is 5.56 Å². The van der Waals surface area contributed by atoms with Crippen molar-refractivity contribution in [1.82, 2.24) is 20.2 Å². The molecule has 3 aromatic rings. The van der Waals surface area contributed by atoms with Gasteiger partial charge >= 0.3 is 0 Å². The first-order chi connectivity index (χ1) is 19.3. The first-order valence-electron chi connectivity index (χ1n) is 13.2. The van der Waals surface area contributed by atoms with Gasteiger partial charge in [0.05, 0.1) is 32.7 Å². The Bertz CT molecular complexity index is 1530. The third kappa shape index (κ3) is 4.98. The third-order valence-corrected chi connectivity index (χ3v) is 7.97. The number of halogens is 5. The van der Waals surface area contributed by atoms with Gasteiger partial charge in [0.25, 0.3) is 0 Å². The van der Waals surface area contributed by atoms with Crippen molar-refractivity contribution in [3.8, 4) is 11.3 Å². The standard InChI is InChI=1S/C28H30Cl2F3N7O/c1-11(2)23-25(12(3)6-7-35-23)40-27-15(26(38-28(40)41)39-9-13(4)36-14(5)10-39)8-16(31)24(37-27)17-18(29)20(32)21(33)22(34)19(17)30/h6-8,11,13-14,28,36,41H,9-10,34H2,1-5H3/t13-,14+,28?. The fourth-order valence-electron chi connectivity index (χ4n) is 5.49. The maximum absolute atomic E-state index is 16.0. The summed E-state index contributed by atoms with van der Waals surface area (Å²) >= 11 is 12.4. The van der Waals surface area contributed by atoms with E-state index in [4.69, 9.17) is 28.9 Å². The maximum Gasteiger partial charge on any atom is 0.233 e. The van der Waals surface area contributed by atoms with Gasteiger partial charge in [-0.15, -0.1) is 0 Å². The lowest BCUT2D eigenvalue weighted by atomic mass is 10.0. The predicted molar refractivity (Wildman–Crippen MR) is 155 cm³/mol. The summed E-state index contributed by atoms with van der Waals surface area (Å²) in [5, 5.41) is 13.7. The largest absolute Gasteiger partial charge is 0.395 e. The summed E-state index contributed by atoms with van der Waals surface area (Å²) in [6, 6.07) is 3.15. The van der Waals surface area contributed by atoms with Crippen LogP contribution in [0.3, 0.4) is 0 Å². The highest BCUT2D eigenvalue weighted by molar-refractivity contribution is 6.41. The van der Waals surface area contributed by atoms with E-state index in [1.54, 1.807) is 12.3 Å². The summed E-state index contributed by atoms with van der Waals surface area (Å²) in [6.07, 6.45) is 0.196. The number of fused-ring (bicyclic) bond motifs is 1. The van der Waals surface area contributed by atoms with Gasteiger partial charge in [0.15, 0.2) is 11.6 Å². The number of aliphatic hydroxyl groups is 1. The summed E-state index contributed by atoms with van der Waals surface area (Å²) in [5.74, 6) is -3.43. The van der Waals surface area contributed by atoms with Crippen molar-refractivity contribution < 1.29 is 18.3 Å². The second-order valence-electron chi connectivity index (χ2n) is 10.8. The lowest BCUT2D eigenvalue weighted by Gasteiger charge is -2.42. The van der Waals surface area contributed by atoms with Gasteiger partial charge in [-0.2, -0.15) is 0 Å². The molecule has 4 heterocycles. The van der Waals surface area contributed by atoms with Crippen molar-refractivity contribution in [3.05, 3.63) is 62.6 Å². The number of rotatable bonds is 3. The zero-order valence-electron chi connectivity index (χ0n) is 23.1. The van der Waals surface area contributed by atoms with Gasteiger partial charge in [0.1, 0.15) is 23.2 Å². The van der Waals surface area contributed by atoms with E-state index in [-0.39, 0.29) is 23.8 Å². The van der Waals surface area contributed by atoms with E-state index in [0.29, 0.717) is 35.9 Å². The number of aliphatic imine (C=N–C) groups is 1. The first kappa shape index (κ1) is 29.4. The van der Waals surface area contributed by atoms with Crippen LogP contribution in [0, 0.1) is 24.4 Å². The van der Waals surface area contributed by atoms with Gasteiger partial charge in [-0.3, -0.25) is 9.88 Å². The molecule has 0 saturated carbocycles. The molecule has 1 fully saturated rings. The molecule has 1 saturated heterocycles. The van der Waals surface area contributed by atoms with Crippen LogP contribution in [-0.2, 0) is 0 Å². The van der Waals surface area contributed by atoms with Gasteiger partial charge in [-0.05, 0) is 44.4 Å². The molecule has 5 rings (SSSR count). The van der Waals surface area contributed by atoms with Crippen LogP contribution < -0.4 is 16.0 Å². The molecule has 0 radical (unpaired) electrons. The highest BCUT2D eigenvalue weighted by Crippen LogP contribution is 2.45. The SMILES string of the molecule is Cc1ccnc(C(C)C)c1N1c2nc(-c3c(Cl)c(N)c(F)c(F)c3Cl)c(F)cc2C(N2C[C@@H](C)N[C@@H](C)C2)=NC1O. The molecule has 218 valence electrons. The van der Waals surface area contributed by atoms with Crippen LogP contribution in [0.2, 0.25) is 10.0 Å². The summed E-state index contributed by atoms with van der Waals surface area (Å²) in [7, 11) is 0. The number of nitrogens with one attached hydrogen (secondary N) is 1. The minimum Gasteiger partial charge on any atom is -0.395 e. The maximum atomic E-state index is 16.0. The lowest BCUT2D eigenvalue weighted by Crippen LogP contribution is -2.57. The molecule has 2 aromatic heterocycles. The molecule has 0 bridgehead atoms. The quantitative estimate of drug-likeness (QED) is 0.198. The molecule has 0 spiro atoms. The Kier molecular flexibility index (Phi) is 7.84. The number of aryl methyl sites for hydroxylation is 1. The van der Waals surface area contributed by atoms with Crippen LogP contribution in [-0.4, -0.2) is 57.3 Å². The molecule has 2 aliphatic heterocycles. The Morgan fingerprint density at radius 2 is 1.76 bits per heavy atom. The molecule has 4 N–H and O–H groups in total. The molecule has 8 nitrogen and oxygen atoms in total. The summed E-state index contributed by atoms with van der Waals surface area (Å²) in [4.78, 5) is 17.1. The van der Waals surface area contributed by atoms with Gasteiger partial charge in [0, 0.05) is 36.9 Å². The average Bonchev–Trinajstić information content (AvgIpc) is 2.91. The van der Waals surface area contributed by atoms with Gasteiger partial charge in [-0.25, -0.2) is 23.1 Å². The molecule has 13 heteroatoms. The Morgan fingerprint density at radius 1 is 1.10 bits per heavy atom. The zero-order valence-corrected chi connectivity index (χ0v) is 24.6. The topological polar surface area (TPSA) is 103 Å². The van der Waals surface area contributed by atoms with Crippen molar-refractivity contribution in [2.45, 2.75) is 59.0 Å². The number of pyridine rings is 2. The third-order valence-electron chi connectivity index (χ3n) is 7.23. The van der Waals surface area contributed by atoms with Crippen molar-refractivity contribution in [3.63, 3.8) is 0 Å². The summed E-state index contributed by atoms with van der Waals surface area (Å²) in [6.45, 7) is 10.9. The first-order valence-corrected chi connectivity index (χ1v) is 13.9. The van der Waals surface area contributed by atoms with Crippen LogP contribution in [0.15, 0.2) is 23.3 Å². The van der Waals surface area contributed by atoms with Crippen molar-refractivity contribution in [1.29, 1.82) is 0 Å². The van der Waals surface area contributed by atoms with Crippen molar-refractivity contribution in [2.75, 3.05) is 23.7 Å². The highest BCUT2D eigenvalue weighted by atomic mass is 35.5. The molecular formula is C28H30Cl2F3N7O. The second-order valence-corrected chi connectivity index (χ2v) is 11.5. The number of piperazine rings is 1. The lowest BCUT2D eigenvalue weighted by molar-refractivity contribution is 0.181. The Hall–Kier alpha value is -3.12. The van der Waals surface area contributed by atoms with E-state index in [2.05, 4.69) is 20.3 Å². The van der Waals surface area contributed by atoms with Crippen LogP contribution in [0.25, 0.3) is 11.3 Å². The monoisotopic (exact) mass is 607 g/mol. The fraction of sp³-hybridized carbons (Fsp3) is 0.393. The molecule has 0 aliphatic carbocycles. The minimum absolute atomic E-state index is 0.0596. The summed E-state index contributed by atoms with van der Waals surface area (Å²) in [5.41, 5.74) is 6.34. The Morgan fingerprint density at radius 3 is 2.39 bits per heavy atom. The van der Waals surface area contributed by atoms with Crippen LogP contribution >= 0.6 is 23.2 Å². The molecule has 1 aromatic carbocycles. The molecule has 2 aliphatic rings. The number of aliphatic hydroxyl groups excluding tert-OH is 1. The zero-order chi connectivity index (χ0) is 29.9. The van der Waals surface area contributed by atoms with E-state index >= 15 is 4.39 Å². The number of hydrogen-bond donors (Lipinski definition) is 3. The number of nitrogens with zero attached hydrogens (tertiary/aromatic N) is 5. The van der Waals surface area contributed by atoms with E-state index in [1.807, 2.05) is 39.5 Å². The van der Waals surface area contributed by atoms with Gasteiger partial charge in [0.2, 0.25) is 6.35 Å².